The SMILES string of the molecule is Cc1cc(Nc2ccc3c(c2)C2(C)C=CC=CC2S3)cc(N(c2ccccc2)c2ccccc2)c1. The van der Waals surface area contributed by atoms with Gasteiger partial charge in [-0.05, 0) is 78.7 Å². The Morgan fingerprint density at radius 1 is 0.743 bits per heavy atom. The molecule has 4 aromatic carbocycles. The molecule has 3 heteroatoms. The summed E-state index contributed by atoms with van der Waals surface area (Å²) in [4.78, 5) is 3.69. The molecule has 1 N–H and O–H groups in total. The van der Waals surface area contributed by atoms with Crippen LogP contribution in [0.1, 0.15) is 18.1 Å². The first-order chi connectivity index (χ1) is 17.1. The molecule has 0 saturated heterocycles. The summed E-state index contributed by atoms with van der Waals surface area (Å²) >= 11 is 1.97. The van der Waals surface area contributed by atoms with Crippen LogP contribution in [0.15, 0.2) is 126 Å². The Balaban J connectivity index is 1.37. The van der Waals surface area contributed by atoms with Gasteiger partial charge in [0.15, 0.2) is 0 Å². The highest BCUT2D eigenvalue weighted by molar-refractivity contribution is 8.00. The number of hydrogen-bond donors (Lipinski definition) is 1. The number of hydrogen-bond acceptors (Lipinski definition) is 3. The Morgan fingerprint density at radius 3 is 2.17 bits per heavy atom. The lowest BCUT2D eigenvalue weighted by molar-refractivity contribution is 0.620. The van der Waals surface area contributed by atoms with Gasteiger partial charge in [-0.1, -0.05) is 67.6 Å². The summed E-state index contributed by atoms with van der Waals surface area (Å²) in [5.74, 6) is 0. The first-order valence-corrected chi connectivity index (χ1v) is 12.9. The Morgan fingerprint density at radius 2 is 1.46 bits per heavy atom. The maximum atomic E-state index is 3.71. The first-order valence-electron chi connectivity index (χ1n) is 12.1. The smallest absolute Gasteiger partial charge is 0.0484 e. The topological polar surface area (TPSA) is 15.3 Å². The van der Waals surface area contributed by atoms with Crippen molar-refractivity contribution in [2.75, 3.05) is 10.2 Å². The Hall–Kier alpha value is -3.69. The van der Waals surface area contributed by atoms with Crippen LogP contribution in [0, 0.1) is 6.92 Å². The third-order valence-electron chi connectivity index (χ3n) is 6.88. The second-order valence-electron chi connectivity index (χ2n) is 9.46. The lowest BCUT2D eigenvalue weighted by atomic mass is 9.77. The molecule has 4 aromatic rings. The largest absolute Gasteiger partial charge is 0.355 e. The van der Waals surface area contributed by atoms with Crippen LogP contribution in [0.25, 0.3) is 0 Å². The van der Waals surface area contributed by atoms with Crippen LogP contribution >= 0.6 is 11.8 Å². The van der Waals surface area contributed by atoms with Gasteiger partial charge in [0.1, 0.15) is 0 Å². The van der Waals surface area contributed by atoms with Crippen LogP contribution in [-0.4, -0.2) is 5.25 Å². The average molecular weight is 473 g/mol. The summed E-state index contributed by atoms with van der Waals surface area (Å²) in [6.45, 7) is 4.51. The van der Waals surface area contributed by atoms with Gasteiger partial charge in [0.25, 0.3) is 0 Å². The maximum absolute atomic E-state index is 3.71. The predicted molar refractivity (Wildman–Crippen MR) is 151 cm³/mol. The van der Waals surface area contributed by atoms with Crippen molar-refractivity contribution in [2.45, 2.75) is 29.4 Å². The maximum Gasteiger partial charge on any atom is 0.0484 e. The summed E-state index contributed by atoms with van der Waals surface area (Å²) in [6, 6.07) is 34.6. The lowest BCUT2D eigenvalue weighted by Gasteiger charge is -2.28. The van der Waals surface area contributed by atoms with Crippen molar-refractivity contribution in [3.05, 3.63) is 132 Å². The predicted octanol–water partition coefficient (Wildman–Crippen LogP) is 9.07. The highest BCUT2D eigenvalue weighted by Crippen LogP contribution is 2.52. The van der Waals surface area contributed by atoms with E-state index in [1.165, 1.54) is 16.0 Å². The first kappa shape index (κ1) is 21.8. The number of para-hydroxylation sites is 2. The second kappa shape index (κ2) is 8.83. The zero-order valence-corrected chi connectivity index (χ0v) is 20.8. The zero-order valence-electron chi connectivity index (χ0n) is 20.0. The van der Waals surface area contributed by atoms with Crippen molar-refractivity contribution in [3.63, 3.8) is 0 Å². The van der Waals surface area contributed by atoms with E-state index < -0.39 is 0 Å². The Bertz CT molecular complexity index is 1390. The van der Waals surface area contributed by atoms with Gasteiger partial charge in [-0.2, -0.15) is 0 Å². The normalized spacial score (nSPS) is 19.8. The van der Waals surface area contributed by atoms with E-state index in [0.717, 1.165) is 28.4 Å². The number of rotatable bonds is 5. The number of benzene rings is 4. The Kier molecular flexibility index (Phi) is 5.50. The van der Waals surface area contributed by atoms with Gasteiger partial charge in [0.2, 0.25) is 0 Å². The molecule has 0 amide bonds. The van der Waals surface area contributed by atoms with Crippen LogP contribution < -0.4 is 10.2 Å². The van der Waals surface area contributed by atoms with Gasteiger partial charge in [-0.3, -0.25) is 0 Å². The van der Waals surface area contributed by atoms with Gasteiger partial charge in [-0.25, -0.2) is 0 Å². The molecule has 2 aliphatic rings. The molecule has 172 valence electrons. The monoisotopic (exact) mass is 472 g/mol. The molecule has 1 aliphatic carbocycles. The Labute approximate surface area is 212 Å². The summed E-state index contributed by atoms with van der Waals surface area (Å²) < 4.78 is 0. The van der Waals surface area contributed by atoms with E-state index in [1.54, 1.807) is 0 Å². The number of aryl methyl sites for hydroxylation is 1. The second-order valence-corrected chi connectivity index (χ2v) is 10.6. The zero-order chi connectivity index (χ0) is 23.8. The fraction of sp³-hybridized carbons (Fsp3) is 0.125. The van der Waals surface area contributed by atoms with E-state index in [0.29, 0.717) is 5.25 Å². The minimum absolute atomic E-state index is 0.0433. The standard InChI is InChI=1S/C32H28N2S/c1-23-19-25(33-24-16-17-30-29(22-24)32(2)18-10-9-15-31(32)35-30)21-28(20-23)34(26-11-5-3-6-12-26)27-13-7-4-8-14-27/h3-22,31,33H,1-2H3. The molecular formula is C32H28N2S. The number of thioether (sulfide) groups is 1. The molecule has 6 rings (SSSR count). The van der Waals surface area contributed by atoms with E-state index in [9.17, 15) is 0 Å². The molecule has 2 atom stereocenters. The molecule has 0 aromatic heterocycles. The van der Waals surface area contributed by atoms with E-state index in [-0.39, 0.29) is 5.41 Å². The van der Waals surface area contributed by atoms with Crippen molar-refractivity contribution in [1.29, 1.82) is 0 Å². The molecule has 0 spiro atoms. The molecule has 2 unspecified atom stereocenters. The van der Waals surface area contributed by atoms with E-state index >= 15 is 0 Å². The third kappa shape index (κ3) is 4.06. The molecule has 2 nitrogen and oxygen atoms in total. The van der Waals surface area contributed by atoms with Crippen molar-refractivity contribution in [2.24, 2.45) is 0 Å². The third-order valence-corrected chi connectivity index (χ3v) is 8.39. The number of fused-ring (bicyclic) bond motifs is 3. The minimum atomic E-state index is 0.0433. The number of anilines is 5. The quantitative estimate of drug-likeness (QED) is 0.312. The summed E-state index contributed by atoms with van der Waals surface area (Å²) in [7, 11) is 0. The summed E-state index contributed by atoms with van der Waals surface area (Å²) in [6.07, 6.45) is 9.03. The fourth-order valence-electron chi connectivity index (χ4n) is 5.12. The van der Waals surface area contributed by atoms with Gasteiger partial charge in [0.05, 0.1) is 0 Å². The highest BCUT2D eigenvalue weighted by Gasteiger charge is 2.41. The molecule has 35 heavy (non-hydrogen) atoms. The van der Waals surface area contributed by atoms with Crippen molar-refractivity contribution in [1.82, 2.24) is 0 Å². The molecule has 0 saturated carbocycles. The summed E-state index contributed by atoms with van der Waals surface area (Å²) in [5, 5.41) is 4.17. The molecular weight excluding hydrogens is 444 g/mol. The number of allylic oxidation sites excluding steroid dienone is 3. The van der Waals surface area contributed by atoms with Crippen LogP contribution in [0.2, 0.25) is 0 Å². The highest BCUT2D eigenvalue weighted by atomic mass is 32.2. The summed E-state index contributed by atoms with van der Waals surface area (Å²) in [5.41, 5.74) is 8.28. The van der Waals surface area contributed by atoms with E-state index in [4.69, 9.17) is 0 Å². The van der Waals surface area contributed by atoms with Crippen LogP contribution in [0.3, 0.4) is 0 Å². The lowest BCUT2D eigenvalue weighted by Crippen LogP contribution is -2.28. The van der Waals surface area contributed by atoms with Gasteiger partial charge >= 0.3 is 0 Å². The van der Waals surface area contributed by atoms with Gasteiger partial charge in [-0.15, -0.1) is 11.8 Å². The molecule has 0 bridgehead atoms. The van der Waals surface area contributed by atoms with Gasteiger partial charge < -0.3 is 10.2 Å². The van der Waals surface area contributed by atoms with Crippen LogP contribution in [0.4, 0.5) is 28.4 Å². The van der Waals surface area contributed by atoms with Crippen molar-refractivity contribution in [3.8, 4) is 0 Å². The number of nitrogens with zero attached hydrogens (tertiary/aromatic N) is 1. The van der Waals surface area contributed by atoms with E-state index in [2.05, 4.69) is 145 Å². The van der Waals surface area contributed by atoms with E-state index in [1.807, 2.05) is 11.8 Å². The molecule has 0 radical (unpaired) electrons. The van der Waals surface area contributed by atoms with Crippen molar-refractivity contribution >= 4 is 40.2 Å². The minimum Gasteiger partial charge on any atom is -0.355 e. The molecule has 1 heterocycles. The van der Waals surface area contributed by atoms with Crippen LogP contribution in [-0.2, 0) is 5.41 Å². The fourth-order valence-corrected chi connectivity index (χ4v) is 6.57. The van der Waals surface area contributed by atoms with Crippen LogP contribution in [0.5, 0.6) is 0 Å². The average Bonchev–Trinajstić information content (AvgIpc) is 3.17. The molecule has 1 aliphatic heterocycles. The van der Waals surface area contributed by atoms with Crippen molar-refractivity contribution < 1.29 is 0 Å². The van der Waals surface area contributed by atoms with Gasteiger partial charge in [0, 0.05) is 44.0 Å². The molecule has 0 fully saturated rings. The number of nitrogens with one attached hydrogen (secondary N) is 1.